The lowest BCUT2D eigenvalue weighted by Crippen LogP contribution is -2.41. The summed E-state index contributed by atoms with van der Waals surface area (Å²) in [6, 6.07) is -0.0102. The van der Waals surface area contributed by atoms with Crippen molar-refractivity contribution in [2.24, 2.45) is 10.9 Å². The Balaban J connectivity index is 4.70. The summed E-state index contributed by atoms with van der Waals surface area (Å²) < 4.78 is 4.94. The van der Waals surface area contributed by atoms with Crippen molar-refractivity contribution in [1.82, 2.24) is 15.1 Å². The Kier molecular flexibility index (Phi) is 8.76. The Hall–Kier alpha value is -1.46. The number of hydrogen-bond acceptors (Lipinski definition) is 3. The third kappa shape index (κ3) is 7.86. The molecule has 0 aliphatic rings. The summed E-state index contributed by atoms with van der Waals surface area (Å²) in [4.78, 5) is 20.0. The van der Waals surface area contributed by atoms with Crippen LogP contribution in [0.25, 0.3) is 0 Å². The molecule has 20 heavy (non-hydrogen) atoms. The first kappa shape index (κ1) is 18.5. The molecule has 0 saturated heterocycles. The number of nitrogens with one attached hydrogen (secondary N) is 1. The van der Waals surface area contributed by atoms with E-state index in [1.54, 1.807) is 6.92 Å². The van der Waals surface area contributed by atoms with E-state index in [0.717, 1.165) is 12.4 Å². The smallest absolute Gasteiger partial charge is 0.407 e. The maximum atomic E-state index is 11.5. The summed E-state index contributed by atoms with van der Waals surface area (Å²) in [5.41, 5.74) is 0. The summed E-state index contributed by atoms with van der Waals surface area (Å²) in [6.45, 7) is 6.98. The number of guanidine groups is 1. The highest BCUT2D eigenvalue weighted by Crippen LogP contribution is 2.06. The Morgan fingerprint density at radius 1 is 1.20 bits per heavy atom. The van der Waals surface area contributed by atoms with Crippen LogP contribution >= 0.6 is 0 Å². The van der Waals surface area contributed by atoms with Crippen molar-refractivity contribution in [3.8, 4) is 0 Å². The van der Waals surface area contributed by atoms with Gasteiger partial charge in [-0.25, -0.2) is 4.79 Å². The lowest BCUT2D eigenvalue weighted by molar-refractivity contribution is 0.147. The number of alkyl carbamates (subject to hydrolysis) is 1. The van der Waals surface area contributed by atoms with Crippen molar-refractivity contribution in [2.45, 2.75) is 33.2 Å². The molecule has 0 radical (unpaired) electrons. The average molecular weight is 286 g/mol. The molecule has 1 unspecified atom stereocenters. The van der Waals surface area contributed by atoms with Gasteiger partial charge in [0.1, 0.15) is 0 Å². The van der Waals surface area contributed by atoms with Crippen LogP contribution in [0.2, 0.25) is 0 Å². The largest absolute Gasteiger partial charge is 0.450 e. The van der Waals surface area contributed by atoms with E-state index in [0.29, 0.717) is 19.1 Å². The third-order valence-corrected chi connectivity index (χ3v) is 2.61. The van der Waals surface area contributed by atoms with E-state index < -0.39 is 0 Å². The van der Waals surface area contributed by atoms with Crippen molar-refractivity contribution in [2.75, 3.05) is 41.3 Å². The van der Waals surface area contributed by atoms with Crippen molar-refractivity contribution in [3.05, 3.63) is 0 Å². The molecule has 0 aromatic carbocycles. The van der Waals surface area contributed by atoms with E-state index in [9.17, 15) is 4.79 Å². The van der Waals surface area contributed by atoms with E-state index in [4.69, 9.17) is 4.74 Å². The summed E-state index contributed by atoms with van der Waals surface area (Å²) >= 11 is 0. The Morgan fingerprint density at radius 3 is 2.15 bits per heavy atom. The molecule has 0 aromatic heterocycles. The predicted molar refractivity (Wildman–Crippen MR) is 83.1 cm³/mol. The molecule has 0 aliphatic carbocycles. The Morgan fingerprint density at radius 2 is 1.75 bits per heavy atom. The lowest BCUT2D eigenvalue weighted by atomic mass is 10.0. The molecule has 1 N–H and O–H groups in total. The van der Waals surface area contributed by atoms with Crippen molar-refractivity contribution in [3.63, 3.8) is 0 Å². The minimum Gasteiger partial charge on any atom is -0.450 e. The number of carbonyl (C=O) groups is 1. The molecule has 6 nitrogen and oxygen atoms in total. The van der Waals surface area contributed by atoms with Crippen molar-refractivity contribution < 1.29 is 9.53 Å². The van der Waals surface area contributed by atoms with Gasteiger partial charge >= 0.3 is 6.09 Å². The molecule has 1 amide bonds. The maximum absolute atomic E-state index is 11.5. The number of aliphatic imine (C=N–C) groups is 1. The Bertz CT molecular complexity index is 304. The third-order valence-electron chi connectivity index (χ3n) is 2.61. The maximum Gasteiger partial charge on any atom is 0.407 e. The van der Waals surface area contributed by atoms with E-state index in [1.807, 2.05) is 38.0 Å². The van der Waals surface area contributed by atoms with Crippen LogP contribution in [0.1, 0.15) is 27.2 Å². The molecule has 0 spiro atoms. The normalized spacial score (nSPS) is 11.8. The zero-order chi connectivity index (χ0) is 15.7. The molecule has 0 fully saturated rings. The zero-order valence-corrected chi connectivity index (χ0v) is 13.9. The van der Waals surface area contributed by atoms with Gasteiger partial charge in [-0.2, -0.15) is 0 Å². The lowest BCUT2D eigenvalue weighted by Gasteiger charge is -2.24. The van der Waals surface area contributed by atoms with Gasteiger partial charge in [-0.3, -0.25) is 4.99 Å². The average Bonchev–Trinajstić information content (AvgIpc) is 2.27. The second kappa shape index (κ2) is 9.44. The highest BCUT2D eigenvalue weighted by Gasteiger charge is 2.15. The van der Waals surface area contributed by atoms with E-state index >= 15 is 0 Å². The molecule has 0 rings (SSSR count). The fourth-order valence-electron chi connectivity index (χ4n) is 1.96. The summed E-state index contributed by atoms with van der Waals surface area (Å²) in [6.07, 6.45) is 0.501. The van der Waals surface area contributed by atoms with Gasteiger partial charge in [-0.05, 0) is 19.3 Å². The fraction of sp³-hybridized carbons (Fsp3) is 0.857. The number of amides is 1. The van der Waals surface area contributed by atoms with Crippen LogP contribution in [0, 0.1) is 5.92 Å². The molecule has 0 heterocycles. The molecule has 0 saturated carbocycles. The van der Waals surface area contributed by atoms with Gasteiger partial charge < -0.3 is 19.9 Å². The number of carbonyl (C=O) groups excluding carboxylic acids is 1. The standard InChI is InChI=1S/C14H30N4O2/c1-8-20-14(19)16-12(9-11(2)3)10-15-13(17(4)5)18(6)7/h11-12H,8-10H2,1-7H3,(H,16,19). The van der Waals surface area contributed by atoms with Crippen LogP contribution in [0.15, 0.2) is 4.99 Å². The second-order valence-corrected chi connectivity index (χ2v) is 5.62. The van der Waals surface area contributed by atoms with E-state index in [2.05, 4.69) is 24.2 Å². The van der Waals surface area contributed by atoms with Gasteiger partial charge in [0.25, 0.3) is 0 Å². The number of nitrogens with zero attached hydrogens (tertiary/aromatic N) is 3. The van der Waals surface area contributed by atoms with Crippen molar-refractivity contribution in [1.29, 1.82) is 0 Å². The summed E-state index contributed by atoms with van der Waals surface area (Å²) in [5, 5.41) is 2.88. The van der Waals surface area contributed by atoms with Crippen LogP contribution in [0.3, 0.4) is 0 Å². The predicted octanol–water partition coefficient (Wildman–Crippen LogP) is 1.63. The SMILES string of the molecule is CCOC(=O)NC(CN=C(N(C)C)N(C)C)CC(C)C. The van der Waals surface area contributed by atoms with Gasteiger partial charge in [0, 0.05) is 28.2 Å². The fourth-order valence-corrected chi connectivity index (χ4v) is 1.96. The molecular formula is C14H30N4O2. The Labute approximate surface area is 123 Å². The quantitative estimate of drug-likeness (QED) is 0.595. The number of rotatable bonds is 6. The van der Waals surface area contributed by atoms with Gasteiger partial charge in [-0.15, -0.1) is 0 Å². The highest BCUT2D eigenvalue weighted by atomic mass is 16.5. The van der Waals surface area contributed by atoms with Crippen LogP contribution in [0.4, 0.5) is 4.79 Å². The molecule has 0 bridgehead atoms. The zero-order valence-electron chi connectivity index (χ0n) is 13.9. The first-order chi connectivity index (χ1) is 9.27. The van der Waals surface area contributed by atoms with Crippen LogP contribution < -0.4 is 5.32 Å². The molecule has 0 aliphatic heterocycles. The number of hydrogen-bond donors (Lipinski definition) is 1. The first-order valence-corrected chi connectivity index (χ1v) is 7.10. The molecule has 0 aromatic rings. The summed E-state index contributed by atoms with van der Waals surface area (Å²) in [7, 11) is 7.81. The van der Waals surface area contributed by atoms with Gasteiger partial charge in [-0.1, -0.05) is 13.8 Å². The highest BCUT2D eigenvalue weighted by molar-refractivity contribution is 5.79. The van der Waals surface area contributed by atoms with E-state index in [1.165, 1.54) is 0 Å². The van der Waals surface area contributed by atoms with E-state index in [-0.39, 0.29) is 12.1 Å². The summed E-state index contributed by atoms with van der Waals surface area (Å²) in [5.74, 6) is 1.36. The topological polar surface area (TPSA) is 57.2 Å². The van der Waals surface area contributed by atoms with Crippen molar-refractivity contribution >= 4 is 12.1 Å². The minimum absolute atomic E-state index is 0.0102. The van der Waals surface area contributed by atoms with Gasteiger partial charge in [0.15, 0.2) is 5.96 Å². The number of ether oxygens (including phenoxy) is 1. The second-order valence-electron chi connectivity index (χ2n) is 5.62. The van der Waals surface area contributed by atoms with Crippen LogP contribution in [-0.4, -0.2) is 69.2 Å². The van der Waals surface area contributed by atoms with Crippen LogP contribution in [-0.2, 0) is 4.74 Å². The molecule has 118 valence electrons. The molecule has 1 atom stereocenters. The van der Waals surface area contributed by atoms with Crippen LogP contribution in [0.5, 0.6) is 0 Å². The van der Waals surface area contributed by atoms with Gasteiger partial charge in [0.05, 0.1) is 19.2 Å². The monoisotopic (exact) mass is 286 g/mol. The first-order valence-electron chi connectivity index (χ1n) is 7.10. The minimum atomic E-state index is -0.371. The molecular weight excluding hydrogens is 256 g/mol. The van der Waals surface area contributed by atoms with Gasteiger partial charge in [0.2, 0.25) is 0 Å². The molecule has 6 heteroatoms.